The number of carbonyl (C=O) groups is 2. The van der Waals surface area contributed by atoms with Crippen molar-refractivity contribution in [3.8, 4) is 0 Å². The summed E-state index contributed by atoms with van der Waals surface area (Å²) in [6.45, 7) is 11.8. The van der Waals surface area contributed by atoms with Crippen molar-refractivity contribution in [1.29, 1.82) is 0 Å². The minimum Gasteiger partial charge on any atom is -0.444 e. The summed E-state index contributed by atoms with van der Waals surface area (Å²) in [6.07, 6.45) is 0. The Morgan fingerprint density at radius 2 is 1.91 bits per heavy atom. The van der Waals surface area contributed by atoms with Crippen LogP contribution in [0.3, 0.4) is 0 Å². The Morgan fingerprint density at radius 1 is 1.27 bits per heavy atom. The largest absolute Gasteiger partial charge is 0.444 e. The Bertz CT molecular complexity index is 512. The third-order valence-corrected chi connectivity index (χ3v) is 2.98. The van der Waals surface area contributed by atoms with E-state index in [4.69, 9.17) is 4.42 Å². The van der Waals surface area contributed by atoms with Gasteiger partial charge in [-0.05, 0) is 41.5 Å². The standard InChI is InChI=1S/C15H26N4O3/c1-7-19(9-12(20)18-15(4,5)6)14(21)16-8-13-17-10(2)11(3)22-13/h7-9H2,1-6H3,(H,16,21)(H,18,20). The molecule has 1 heterocycles. The Hall–Kier alpha value is -2.05. The van der Waals surface area contributed by atoms with Gasteiger partial charge in [0.15, 0.2) is 0 Å². The number of oxazole rings is 1. The van der Waals surface area contributed by atoms with Crippen molar-refractivity contribution in [3.05, 3.63) is 17.3 Å². The highest BCUT2D eigenvalue weighted by Gasteiger charge is 2.19. The van der Waals surface area contributed by atoms with E-state index in [1.807, 2.05) is 41.5 Å². The van der Waals surface area contributed by atoms with Crippen LogP contribution in [0.1, 0.15) is 45.0 Å². The Balaban J connectivity index is 2.52. The number of amides is 3. The van der Waals surface area contributed by atoms with Crippen LogP contribution in [0.4, 0.5) is 4.79 Å². The van der Waals surface area contributed by atoms with Gasteiger partial charge in [-0.15, -0.1) is 0 Å². The van der Waals surface area contributed by atoms with Crippen LogP contribution in [0.2, 0.25) is 0 Å². The van der Waals surface area contributed by atoms with Crippen molar-refractivity contribution in [2.24, 2.45) is 0 Å². The highest BCUT2D eigenvalue weighted by atomic mass is 16.4. The SMILES string of the molecule is CCN(CC(=O)NC(C)(C)C)C(=O)NCc1nc(C)c(C)o1. The normalized spacial score (nSPS) is 11.2. The summed E-state index contributed by atoms with van der Waals surface area (Å²) in [5.74, 6) is 1.01. The first-order valence-corrected chi connectivity index (χ1v) is 7.39. The molecular formula is C15H26N4O3. The van der Waals surface area contributed by atoms with Crippen LogP contribution in [0.15, 0.2) is 4.42 Å². The van der Waals surface area contributed by atoms with Crippen LogP contribution in [0, 0.1) is 13.8 Å². The number of nitrogens with zero attached hydrogens (tertiary/aromatic N) is 2. The molecule has 124 valence electrons. The molecule has 0 fully saturated rings. The van der Waals surface area contributed by atoms with Gasteiger partial charge in [-0.25, -0.2) is 9.78 Å². The van der Waals surface area contributed by atoms with Crippen LogP contribution < -0.4 is 10.6 Å². The van der Waals surface area contributed by atoms with Gasteiger partial charge in [-0.2, -0.15) is 0 Å². The predicted octanol–water partition coefficient (Wildman–Crippen LogP) is 1.74. The zero-order valence-corrected chi connectivity index (χ0v) is 14.2. The first-order chi connectivity index (χ1) is 10.1. The molecule has 0 aliphatic carbocycles. The van der Waals surface area contributed by atoms with Gasteiger partial charge in [0.1, 0.15) is 12.3 Å². The summed E-state index contributed by atoms with van der Waals surface area (Å²) in [6, 6.07) is -0.319. The number of hydrogen-bond acceptors (Lipinski definition) is 4. The summed E-state index contributed by atoms with van der Waals surface area (Å²) in [5, 5.41) is 5.54. The van der Waals surface area contributed by atoms with Gasteiger partial charge in [0.05, 0.1) is 12.2 Å². The molecule has 0 aliphatic rings. The fourth-order valence-electron chi connectivity index (χ4n) is 1.84. The number of rotatable bonds is 5. The van der Waals surface area contributed by atoms with E-state index >= 15 is 0 Å². The molecule has 0 unspecified atom stereocenters. The van der Waals surface area contributed by atoms with Crippen molar-refractivity contribution >= 4 is 11.9 Å². The van der Waals surface area contributed by atoms with Crippen LogP contribution in [-0.4, -0.2) is 40.5 Å². The predicted molar refractivity (Wildman–Crippen MR) is 83.4 cm³/mol. The third kappa shape index (κ3) is 5.75. The third-order valence-electron chi connectivity index (χ3n) is 2.98. The average Bonchev–Trinajstić information content (AvgIpc) is 2.70. The minimum atomic E-state index is -0.319. The summed E-state index contributed by atoms with van der Waals surface area (Å²) >= 11 is 0. The molecule has 1 aromatic heterocycles. The molecule has 0 bridgehead atoms. The fraction of sp³-hybridized carbons (Fsp3) is 0.667. The van der Waals surface area contributed by atoms with E-state index < -0.39 is 0 Å². The molecule has 2 N–H and O–H groups in total. The quantitative estimate of drug-likeness (QED) is 0.867. The van der Waals surface area contributed by atoms with Gasteiger partial charge in [-0.3, -0.25) is 4.79 Å². The maximum atomic E-state index is 12.1. The van der Waals surface area contributed by atoms with E-state index in [0.717, 1.165) is 11.5 Å². The van der Waals surface area contributed by atoms with Gasteiger partial charge >= 0.3 is 6.03 Å². The van der Waals surface area contributed by atoms with Crippen molar-refractivity contribution in [3.63, 3.8) is 0 Å². The molecule has 0 atom stereocenters. The zero-order valence-electron chi connectivity index (χ0n) is 14.2. The summed E-state index contributed by atoms with van der Waals surface area (Å²) in [5.41, 5.74) is 0.487. The van der Waals surface area contributed by atoms with Crippen molar-refractivity contribution in [2.45, 2.75) is 53.6 Å². The molecule has 0 saturated carbocycles. The Kier molecular flexibility index (Phi) is 5.96. The Morgan fingerprint density at radius 3 is 2.36 bits per heavy atom. The molecule has 0 spiro atoms. The molecule has 7 nitrogen and oxygen atoms in total. The lowest BCUT2D eigenvalue weighted by Crippen LogP contribution is -2.49. The second-order valence-electron chi connectivity index (χ2n) is 6.22. The average molecular weight is 310 g/mol. The number of urea groups is 1. The highest BCUT2D eigenvalue weighted by Crippen LogP contribution is 2.07. The molecular weight excluding hydrogens is 284 g/mol. The molecule has 22 heavy (non-hydrogen) atoms. The Labute approximate surface area is 131 Å². The number of aromatic nitrogens is 1. The monoisotopic (exact) mass is 310 g/mol. The van der Waals surface area contributed by atoms with E-state index in [1.54, 1.807) is 0 Å². The van der Waals surface area contributed by atoms with E-state index in [0.29, 0.717) is 12.4 Å². The van der Waals surface area contributed by atoms with Crippen LogP contribution in [-0.2, 0) is 11.3 Å². The molecule has 1 rings (SSSR count). The molecule has 1 aromatic rings. The van der Waals surface area contributed by atoms with E-state index in [1.165, 1.54) is 4.90 Å². The fourth-order valence-corrected chi connectivity index (χ4v) is 1.84. The van der Waals surface area contributed by atoms with Gasteiger partial charge in [0.25, 0.3) is 0 Å². The van der Waals surface area contributed by atoms with Crippen molar-refractivity contribution < 1.29 is 14.0 Å². The van der Waals surface area contributed by atoms with Crippen LogP contribution in [0.25, 0.3) is 0 Å². The van der Waals surface area contributed by atoms with Crippen molar-refractivity contribution in [2.75, 3.05) is 13.1 Å². The highest BCUT2D eigenvalue weighted by molar-refractivity contribution is 5.84. The molecule has 0 aliphatic heterocycles. The molecule has 3 amide bonds. The van der Waals surface area contributed by atoms with Gasteiger partial charge in [0, 0.05) is 12.1 Å². The van der Waals surface area contributed by atoms with Gasteiger partial charge < -0.3 is 20.0 Å². The number of aryl methyl sites for hydroxylation is 2. The molecule has 7 heteroatoms. The smallest absolute Gasteiger partial charge is 0.318 e. The first kappa shape index (κ1) is 18.0. The number of hydrogen-bond donors (Lipinski definition) is 2. The second kappa shape index (κ2) is 7.29. The van der Waals surface area contributed by atoms with E-state index in [-0.39, 0.29) is 30.6 Å². The minimum absolute atomic E-state index is 0.0171. The van der Waals surface area contributed by atoms with Crippen LogP contribution >= 0.6 is 0 Å². The lowest BCUT2D eigenvalue weighted by molar-refractivity contribution is -0.123. The van der Waals surface area contributed by atoms with Gasteiger partial charge in [-0.1, -0.05) is 0 Å². The topological polar surface area (TPSA) is 87.5 Å². The van der Waals surface area contributed by atoms with Crippen molar-refractivity contribution in [1.82, 2.24) is 20.5 Å². The molecule has 0 aromatic carbocycles. The maximum absolute atomic E-state index is 12.1. The van der Waals surface area contributed by atoms with E-state index in [2.05, 4.69) is 15.6 Å². The molecule has 0 saturated heterocycles. The van der Waals surface area contributed by atoms with E-state index in [9.17, 15) is 9.59 Å². The zero-order chi connectivity index (χ0) is 16.9. The lowest BCUT2D eigenvalue weighted by Gasteiger charge is -2.25. The summed E-state index contributed by atoms with van der Waals surface area (Å²) in [4.78, 5) is 29.6. The lowest BCUT2D eigenvalue weighted by atomic mass is 10.1. The number of nitrogens with one attached hydrogen (secondary N) is 2. The van der Waals surface area contributed by atoms with Crippen LogP contribution in [0.5, 0.6) is 0 Å². The first-order valence-electron chi connectivity index (χ1n) is 7.39. The number of carbonyl (C=O) groups excluding carboxylic acids is 2. The second-order valence-corrected chi connectivity index (χ2v) is 6.22. The summed E-state index contributed by atoms with van der Waals surface area (Å²) < 4.78 is 5.40. The number of likely N-dealkylation sites (N-methyl/N-ethyl adjacent to an activating group) is 1. The van der Waals surface area contributed by atoms with Gasteiger partial charge in [0.2, 0.25) is 11.8 Å². The maximum Gasteiger partial charge on any atom is 0.318 e. The summed E-state index contributed by atoms with van der Waals surface area (Å²) in [7, 11) is 0. The molecule has 0 radical (unpaired) electrons.